The molecule has 0 aliphatic heterocycles. The third-order valence-electron chi connectivity index (χ3n) is 12.6. The van der Waals surface area contributed by atoms with Crippen LogP contribution in [0.1, 0.15) is 219 Å². The Bertz CT molecular complexity index is 1830. The number of rotatable bonds is 43. The zero-order valence-electron chi connectivity index (χ0n) is 43.1. The Kier molecular flexibility index (Phi) is 32.3. The standard InChI is InChI=1S/C54H92N8O6S/c1-4-7-10-12-14-16-18-20-22-24-26-28-30-32-47(63)67-40-45(68-48(64)33-31-29-27-25-23-21-19-17-15-13-11-8-5-2)41-69-42-46(55)52(65)58-44-36-34-43(35-37-44)39-62-51-49(59-54(62)66)50(56)60-53(61-51)57-38-9-6-3/h34-37,45-46H,4-33,38-42,55H2,1-3H3,(H,58,65)(H,59,66)(H3,56,57,60,61)/t45-,46?/m1/s1. The third-order valence-corrected chi connectivity index (χ3v) is 13.8. The molecule has 3 rings (SSSR count). The van der Waals surface area contributed by atoms with Gasteiger partial charge in [0.15, 0.2) is 17.0 Å². The van der Waals surface area contributed by atoms with Crippen molar-refractivity contribution >= 4 is 58.2 Å². The van der Waals surface area contributed by atoms with Gasteiger partial charge in [0, 0.05) is 36.6 Å². The molecule has 3 aromatic rings. The fourth-order valence-electron chi connectivity index (χ4n) is 8.32. The van der Waals surface area contributed by atoms with Gasteiger partial charge in [-0.05, 0) is 37.0 Å². The van der Waals surface area contributed by atoms with Gasteiger partial charge in [0.2, 0.25) is 11.9 Å². The maximum atomic E-state index is 13.2. The van der Waals surface area contributed by atoms with E-state index in [0.717, 1.165) is 56.9 Å². The summed E-state index contributed by atoms with van der Waals surface area (Å²) in [5.74, 6) is 0.240. The smallest absolute Gasteiger partial charge is 0.306 e. The Hall–Kier alpha value is -4.11. The number of anilines is 3. The van der Waals surface area contributed by atoms with Crippen molar-refractivity contribution in [2.24, 2.45) is 5.73 Å². The van der Waals surface area contributed by atoms with E-state index in [-0.39, 0.29) is 48.6 Å². The third kappa shape index (κ3) is 26.6. The van der Waals surface area contributed by atoms with Crippen molar-refractivity contribution in [2.75, 3.05) is 41.0 Å². The molecule has 0 aliphatic rings. The number of ether oxygens (including phenoxy) is 2. The number of aromatic hydroxyl groups is 1. The number of thioether (sulfide) groups is 1. The quantitative estimate of drug-likeness (QED) is 0.0264. The van der Waals surface area contributed by atoms with E-state index in [1.54, 1.807) is 16.7 Å². The second kappa shape index (κ2) is 37.7. The van der Waals surface area contributed by atoms with Crippen LogP contribution in [0.3, 0.4) is 0 Å². The largest absolute Gasteiger partial charge is 0.480 e. The first-order chi connectivity index (χ1) is 33.6. The summed E-state index contributed by atoms with van der Waals surface area (Å²) >= 11 is 1.39. The molecule has 15 heteroatoms. The van der Waals surface area contributed by atoms with Gasteiger partial charge in [-0.1, -0.05) is 193 Å². The number of hydrogen-bond acceptors (Lipinski definition) is 13. The topological polar surface area (TPSA) is 210 Å². The van der Waals surface area contributed by atoms with E-state index < -0.39 is 12.1 Å². The monoisotopic (exact) mass is 981 g/mol. The lowest BCUT2D eigenvalue weighted by atomic mass is 10.0. The molecule has 0 saturated heterocycles. The van der Waals surface area contributed by atoms with Crippen molar-refractivity contribution in [3.8, 4) is 6.01 Å². The van der Waals surface area contributed by atoms with Crippen LogP contribution in [-0.2, 0) is 30.4 Å². The molecule has 0 aliphatic carbocycles. The van der Waals surface area contributed by atoms with Crippen molar-refractivity contribution in [2.45, 2.75) is 232 Å². The summed E-state index contributed by atoms with van der Waals surface area (Å²) in [5.41, 5.74) is 14.6. The average molecular weight is 981 g/mol. The molecular formula is C54H92N8O6S. The minimum Gasteiger partial charge on any atom is -0.480 e. The number of fused-ring (bicyclic) bond motifs is 1. The second-order valence-corrected chi connectivity index (χ2v) is 20.1. The molecule has 390 valence electrons. The number of nitrogens with zero attached hydrogens (tertiary/aromatic N) is 4. The molecule has 0 radical (unpaired) electrons. The van der Waals surface area contributed by atoms with Crippen LogP contribution in [0.5, 0.6) is 6.01 Å². The summed E-state index contributed by atoms with van der Waals surface area (Å²) < 4.78 is 13.1. The first kappa shape index (κ1) is 59.2. The zero-order valence-corrected chi connectivity index (χ0v) is 43.9. The van der Waals surface area contributed by atoms with Crippen molar-refractivity contribution < 1.29 is 29.0 Å². The number of carbonyl (C=O) groups excluding carboxylic acids is 3. The number of nitrogens with one attached hydrogen (secondary N) is 2. The predicted octanol–water partition coefficient (Wildman–Crippen LogP) is 12.8. The zero-order chi connectivity index (χ0) is 49.7. The van der Waals surface area contributed by atoms with Gasteiger partial charge in [0.05, 0.1) is 12.6 Å². The van der Waals surface area contributed by atoms with Gasteiger partial charge in [-0.25, -0.2) is 0 Å². The first-order valence-corrected chi connectivity index (χ1v) is 28.3. The number of unbranched alkanes of at least 4 members (excludes halogenated alkanes) is 25. The molecule has 0 spiro atoms. The lowest BCUT2D eigenvalue weighted by Crippen LogP contribution is -2.38. The molecule has 0 fully saturated rings. The summed E-state index contributed by atoms with van der Waals surface area (Å²) in [6.07, 6.45) is 34.1. The van der Waals surface area contributed by atoms with Crippen LogP contribution in [0.2, 0.25) is 0 Å². The molecule has 2 aromatic heterocycles. The van der Waals surface area contributed by atoms with E-state index in [1.165, 1.54) is 140 Å². The van der Waals surface area contributed by atoms with Gasteiger partial charge in [0.1, 0.15) is 12.7 Å². The molecule has 14 nitrogen and oxygen atoms in total. The number of hydrogen-bond donors (Lipinski definition) is 5. The normalized spacial score (nSPS) is 12.3. The predicted molar refractivity (Wildman–Crippen MR) is 286 cm³/mol. The number of amides is 1. The van der Waals surface area contributed by atoms with Gasteiger partial charge in [0.25, 0.3) is 6.01 Å². The fraction of sp³-hybridized carbons (Fsp3) is 0.741. The van der Waals surface area contributed by atoms with Crippen LogP contribution < -0.4 is 22.1 Å². The number of esters is 2. The summed E-state index contributed by atoms with van der Waals surface area (Å²) in [6.45, 7) is 7.55. The van der Waals surface area contributed by atoms with Gasteiger partial charge in [-0.15, -0.1) is 0 Å². The summed E-state index contributed by atoms with van der Waals surface area (Å²) in [4.78, 5) is 51.9. The van der Waals surface area contributed by atoms with Crippen LogP contribution in [0, 0.1) is 0 Å². The van der Waals surface area contributed by atoms with Crippen LogP contribution in [0.25, 0.3) is 11.2 Å². The highest BCUT2D eigenvalue weighted by atomic mass is 32.2. The SMILES string of the molecule is CCCCCCCCCCCCCCCC(=O)OC[C@H](CSCC(N)C(=O)Nc1ccc(Cn2c(O)nc3c(N)nc(NCCCC)nc32)cc1)OC(=O)CCCCCCCCCCCCCCC. The maximum Gasteiger partial charge on any atom is 0.306 e. The molecule has 7 N–H and O–H groups in total. The van der Waals surface area contributed by atoms with Crippen LogP contribution in [-0.4, -0.2) is 79.3 Å². The van der Waals surface area contributed by atoms with Crippen LogP contribution >= 0.6 is 11.8 Å². The average Bonchev–Trinajstić information content (AvgIpc) is 3.65. The Balaban J connectivity index is 1.42. The van der Waals surface area contributed by atoms with Gasteiger partial charge in [-0.2, -0.15) is 26.7 Å². The minimum absolute atomic E-state index is 0.0214. The molecule has 1 amide bonds. The van der Waals surface area contributed by atoms with E-state index >= 15 is 0 Å². The van der Waals surface area contributed by atoms with Crippen molar-refractivity contribution in [3.05, 3.63) is 29.8 Å². The van der Waals surface area contributed by atoms with Gasteiger partial charge in [-0.3, -0.25) is 19.0 Å². The van der Waals surface area contributed by atoms with E-state index in [2.05, 4.69) is 46.4 Å². The number of nitrogens with two attached hydrogens (primary N) is 2. The lowest BCUT2D eigenvalue weighted by Gasteiger charge is -2.19. The molecular weight excluding hydrogens is 889 g/mol. The fourth-order valence-corrected chi connectivity index (χ4v) is 9.29. The number of aromatic nitrogens is 4. The summed E-state index contributed by atoms with van der Waals surface area (Å²) in [5, 5.41) is 16.7. The van der Waals surface area contributed by atoms with Gasteiger partial charge < -0.3 is 36.7 Å². The van der Waals surface area contributed by atoms with E-state index in [0.29, 0.717) is 47.9 Å². The number of benzene rings is 1. The number of nitrogen functional groups attached to an aromatic ring is 1. The minimum atomic E-state index is -0.838. The van der Waals surface area contributed by atoms with Crippen LogP contribution in [0.4, 0.5) is 17.5 Å². The highest BCUT2D eigenvalue weighted by molar-refractivity contribution is 7.99. The highest BCUT2D eigenvalue weighted by Gasteiger charge is 2.21. The molecule has 1 unspecified atom stereocenters. The highest BCUT2D eigenvalue weighted by Crippen LogP contribution is 2.26. The molecule has 69 heavy (non-hydrogen) atoms. The molecule has 0 bridgehead atoms. The number of imidazole rings is 1. The number of carbonyl (C=O) groups is 3. The molecule has 2 atom stereocenters. The molecule has 0 saturated carbocycles. The molecule has 2 heterocycles. The van der Waals surface area contributed by atoms with Crippen LogP contribution in [0.15, 0.2) is 24.3 Å². The Morgan fingerprint density at radius 2 is 1.14 bits per heavy atom. The summed E-state index contributed by atoms with van der Waals surface area (Å²) in [6, 6.07) is 6.14. The van der Waals surface area contributed by atoms with Gasteiger partial charge >= 0.3 is 11.9 Å². The first-order valence-electron chi connectivity index (χ1n) is 27.2. The Morgan fingerprint density at radius 3 is 1.67 bits per heavy atom. The molecule has 1 aromatic carbocycles. The lowest BCUT2D eigenvalue weighted by molar-refractivity contribution is -0.157. The van der Waals surface area contributed by atoms with E-state index in [4.69, 9.17) is 20.9 Å². The van der Waals surface area contributed by atoms with Crippen molar-refractivity contribution in [1.82, 2.24) is 19.5 Å². The van der Waals surface area contributed by atoms with E-state index in [1.807, 2.05) is 12.1 Å². The van der Waals surface area contributed by atoms with Crippen molar-refractivity contribution in [3.63, 3.8) is 0 Å². The summed E-state index contributed by atoms with van der Waals surface area (Å²) in [7, 11) is 0. The Labute approximate surface area is 419 Å². The van der Waals surface area contributed by atoms with E-state index in [9.17, 15) is 19.5 Å². The van der Waals surface area contributed by atoms with Crippen molar-refractivity contribution in [1.29, 1.82) is 0 Å². The second-order valence-electron chi connectivity index (χ2n) is 19.0. The Morgan fingerprint density at radius 1 is 0.652 bits per heavy atom. The maximum absolute atomic E-state index is 13.2.